The van der Waals surface area contributed by atoms with Crippen LogP contribution in [0, 0.1) is 0 Å². The number of anilines is 2. The van der Waals surface area contributed by atoms with Crippen LogP contribution in [0.25, 0.3) is 0 Å². The van der Waals surface area contributed by atoms with Crippen LogP contribution in [-0.4, -0.2) is 0 Å². The maximum atomic E-state index is 5.83. The van der Waals surface area contributed by atoms with E-state index in [1.54, 1.807) is 0 Å². The van der Waals surface area contributed by atoms with Crippen LogP contribution in [-0.2, 0) is 6.42 Å². The molecule has 1 aliphatic carbocycles. The van der Waals surface area contributed by atoms with Gasteiger partial charge in [0.2, 0.25) is 0 Å². The molecule has 0 fully saturated rings. The Morgan fingerprint density at radius 1 is 1.17 bits per heavy atom. The molecule has 0 aromatic heterocycles. The molecule has 0 saturated heterocycles. The third-order valence-corrected chi connectivity index (χ3v) is 4.14. The highest BCUT2D eigenvalue weighted by atomic mass is 79.9. The van der Waals surface area contributed by atoms with Crippen molar-refractivity contribution in [2.45, 2.75) is 18.9 Å². The van der Waals surface area contributed by atoms with Crippen molar-refractivity contribution in [3.8, 4) is 0 Å². The predicted molar refractivity (Wildman–Crippen MR) is 79.7 cm³/mol. The number of rotatable bonds is 2. The first-order valence-electron chi connectivity index (χ1n) is 6.13. The summed E-state index contributed by atoms with van der Waals surface area (Å²) in [7, 11) is 0. The van der Waals surface area contributed by atoms with Crippen molar-refractivity contribution in [2.75, 3.05) is 11.1 Å². The Labute approximate surface area is 115 Å². The first-order valence-corrected chi connectivity index (χ1v) is 6.93. The topological polar surface area (TPSA) is 38.0 Å². The van der Waals surface area contributed by atoms with E-state index in [0.29, 0.717) is 6.04 Å². The summed E-state index contributed by atoms with van der Waals surface area (Å²) in [6, 6.07) is 14.8. The lowest BCUT2D eigenvalue weighted by Crippen LogP contribution is -2.07. The van der Waals surface area contributed by atoms with Gasteiger partial charge in [0.1, 0.15) is 0 Å². The van der Waals surface area contributed by atoms with E-state index in [1.165, 1.54) is 11.1 Å². The van der Waals surface area contributed by atoms with Gasteiger partial charge in [0, 0.05) is 15.8 Å². The second-order valence-corrected chi connectivity index (χ2v) is 5.53. The van der Waals surface area contributed by atoms with Crippen LogP contribution in [0.2, 0.25) is 0 Å². The largest absolute Gasteiger partial charge is 0.399 e. The molecule has 3 N–H and O–H groups in total. The summed E-state index contributed by atoms with van der Waals surface area (Å²) in [6.45, 7) is 0. The Morgan fingerprint density at radius 2 is 2.00 bits per heavy atom. The van der Waals surface area contributed by atoms with Crippen LogP contribution in [0.4, 0.5) is 11.4 Å². The summed E-state index contributed by atoms with van der Waals surface area (Å²) in [5.41, 5.74) is 10.6. The van der Waals surface area contributed by atoms with Gasteiger partial charge in [0.25, 0.3) is 0 Å². The van der Waals surface area contributed by atoms with Gasteiger partial charge in [-0.1, -0.05) is 18.2 Å². The maximum absolute atomic E-state index is 5.83. The number of halogens is 1. The summed E-state index contributed by atoms with van der Waals surface area (Å²) in [5, 5.41) is 3.60. The van der Waals surface area contributed by atoms with E-state index in [4.69, 9.17) is 5.73 Å². The Bertz CT molecular complexity index is 580. The number of nitrogens with two attached hydrogens (primary N) is 1. The first-order chi connectivity index (χ1) is 8.74. The summed E-state index contributed by atoms with van der Waals surface area (Å²) >= 11 is 3.57. The molecule has 18 heavy (non-hydrogen) atoms. The molecule has 0 aliphatic heterocycles. The standard InChI is InChI=1S/C15H15BrN2/c16-13-3-1-2-4-15(13)18-14-8-5-10-9-11(17)6-7-12(10)14/h1-4,6-7,9,14,18H,5,8,17H2. The SMILES string of the molecule is Nc1ccc2c(c1)CCC2Nc1ccccc1Br. The molecule has 0 amide bonds. The van der Waals surface area contributed by atoms with Crippen LogP contribution in [0.1, 0.15) is 23.6 Å². The first kappa shape index (κ1) is 11.6. The van der Waals surface area contributed by atoms with Crippen LogP contribution in [0.5, 0.6) is 0 Å². The Balaban J connectivity index is 1.87. The smallest absolute Gasteiger partial charge is 0.0520 e. The van der Waals surface area contributed by atoms with Crippen molar-refractivity contribution in [3.63, 3.8) is 0 Å². The number of hydrogen-bond donors (Lipinski definition) is 2. The van der Waals surface area contributed by atoms with Gasteiger partial charge in [0.15, 0.2) is 0 Å². The predicted octanol–water partition coefficient (Wildman–Crippen LogP) is 4.13. The maximum Gasteiger partial charge on any atom is 0.0520 e. The molecular formula is C15H15BrN2. The molecule has 0 saturated carbocycles. The molecule has 0 bridgehead atoms. The van der Waals surface area contributed by atoms with Crippen molar-refractivity contribution in [2.24, 2.45) is 0 Å². The lowest BCUT2D eigenvalue weighted by atomic mass is 10.1. The van der Waals surface area contributed by atoms with Crippen molar-refractivity contribution in [1.29, 1.82) is 0 Å². The molecule has 2 aromatic carbocycles. The minimum Gasteiger partial charge on any atom is -0.399 e. The van der Waals surface area contributed by atoms with Gasteiger partial charge >= 0.3 is 0 Å². The lowest BCUT2D eigenvalue weighted by Gasteiger charge is -2.16. The highest BCUT2D eigenvalue weighted by Gasteiger charge is 2.22. The summed E-state index contributed by atoms with van der Waals surface area (Å²) in [5.74, 6) is 0. The second-order valence-electron chi connectivity index (χ2n) is 4.67. The molecule has 1 unspecified atom stereocenters. The Morgan fingerprint density at radius 3 is 2.83 bits per heavy atom. The summed E-state index contributed by atoms with van der Waals surface area (Å²) in [4.78, 5) is 0. The Kier molecular flexibility index (Phi) is 3.00. The second kappa shape index (κ2) is 4.65. The van der Waals surface area contributed by atoms with E-state index in [9.17, 15) is 0 Å². The van der Waals surface area contributed by atoms with Gasteiger partial charge in [-0.25, -0.2) is 0 Å². The fourth-order valence-electron chi connectivity index (χ4n) is 2.55. The van der Waals surface area contributed by atoms with Crippen molar-refractivity contribution in [3.05, 3.63) is 58.1 Å². The van der Waals surface area contributed by atoms with Crippen LogP contribution in [0.3, 0.4) is 0 Å². The average Bonchev–Trinajstić information content (AvgIpc) is 2.74. The number of nitrogens with one attached hydrogen (secondary N) is 1. The van der Waals surface area contributed by atoms with Gasteiger partial charge < -0.3 is 11.1 Å². The number of aryl methyl sites for hydroxylation is 1. The number of para-hydroxylation sites is 1. The molecule has 3 rings (SSSR count). The molecule has 2 nitrogen and oxygen atoms in total. The van der Waals surface area contributed by atoms with Gasteiger partial charge in [-0.3, -0.25) is 0 Å². The van der Waals surface area contributed by atoms with Gasteiger partial charge in [-0.05, 0) is 64.2 Å². The fourth-order valence-corrected chi connectivity index (χ4v) is 2.95. The van der Waals surface area contributed by atoms with Gasteiger partial charge in [0.05, 0.1) is 6.04 Å². The van der Waals surface area contributed by atoms with Crippen molar-refractivity contribution >= 4 is 27.3 Å². The van der Waals surface area contributed by atoms with E-state index in [-0.39, 0.29) is 0 Å². The zero-order valence-electron chi connectivity index (χ0n) is 9.99. The zero-order valence-corrected chi connectivity index (χ0v) is 11.6. The highest BCUT2D eigenvalue weighted by Crippen LogP contribution is 2.36. The van der Waals surface area contributed by atoms with Crippen LogP contribution < -0.4 is 11.1 Å². The van der Waals surface area contributed by atoms with E-state index >= 15 is 0 Å². The van der Waals surface area contributed by atoms with Gasteiger partial charge in [-0.2, -0.15) is 0 Å². The number of nitrogen functional groups attached to an aromatic ring is 1. The number of benzene rings is 2. The molecule has 3 heteroatoms. The van der Waals surface area contributed by atoms with E-state index in [2.05, 4.69) is 45.5 Å². The summed E-state index contributed by atoms with van der Waals surface area (Å²) in [6.07, 6.45) is 2.22. The molecular weight excluding hydrogens is 288 g/mol. The minimum absolute atomic E-state index is 0.388. The monoisotopic (exact) mass is 302 g/mol. The number of hydrogen-bond acceptors (Lipinski definition) is 2. The zero-order chi connectivity index (χ0) is 12.5. The fraction of sp³-hybridized carbons (Fsp3) is 0.200. The van der Waals surface area contributed by atoms with E-state index < -0.39 is 0 Å². The Hall–Kier alpha value is -1.48. The molecule has 2 aromatic rings. The highest BCUT2D eigenvalue weighted by molar-refractivity contribution is 9.10. The third kappa shape index (κ3) is 2.10. The lowest BCUT2D eigenvalue weighted by molar-refractivity contribution is 0.761. The van der Waals surface area contributed by atoms with E-state index in [0.717, 1.165) is 28.7 Å². The third-order valence-electron chi connectivity index (χ3n) is 3.45. The summed E-state index contributed by atoms with van der Waals surface area (Å²) < 4.78 is 1.11. The number of fused-ring (bicyclic) bond motifs is 1. The quantitative estimate of drug-likeness (QED) is 0.819. The van der Waals surface area contributed by atoms with E-state index in [1.807, 2.05) is 18.2 Å². The van der Waals surface area contributed by atoms with Gasteiger partial charge in [-0.15, -0.1) is 0 Å². The molecule has 92 valence electrons. The van der Waals surface area contributed by atoms with Crippen LogP contribution >= 0.6 is 15.9 Å². The average molecular weight is 303 g/mol. The van der Waals surface area contributed by atoms with Crippen molar-refractivity contribution < 1.29 is 0 Å². The molecule has 0 spiro atoms. The normalized spacial score (nSPS) is 17.5. The minimum atomic E-state index is 0.388. The van der Waals surface area contributed by atoms with Crippen LogP contribution in [0.15, 0.2) is 46.9 Å². The molecule has 0 heterocycles. The van der Waals surface area contributed by atoms with Crippen molar-refractivity contribution in [1.82, 2.24) is 0 Å². The molecule has 0 radical (unpaired) electrons. The molecule has 1 aliphatic rings. The molecule has 1 atom stereocenters.